The number of carboxylic acid groups (broad SMARTS) is 1. The van der Waals surface area contributed by atoms with Crippen molar-refractivity contribution in [2.24, 2.45) is 0 Å². The van der Waals surface area contributed by atoms with Gasteiger partial charge in [-0.3, -0.25) is 9.59 Å². The quantitative estimate of drug-likeness (QED) is 0.823. The Morgan fingerprint density at radius 3 is 2.68 bits per heavy atom. The molecule has 0 bridgehead atoms. The third-order valence-electron chi connectivity index (χ3n) is 2.81. The summed E-state index contributed by atoms with van der Waals surface area (Å²) in [4.78, 5) is 21.6. The van der Waals surface area contributed by atoms with Gasteiger partial charge in [0.2, 0.25) is 0 Å². The number of aliphatic carboxylic acids is 1. The van der Waals surface area contributed by atoms with Crippen LogP contribution in [0.5, 0.6) is 5.75 Å². The molecule has 0 aliphatic heterocycles. The largest absolute Gasteiger partial charge is 0.507 e. The van der Waals surface area contributed by atoms with Gasteiger partial charge in [-0.05, 0) is 52.1 Å². The van der Waals surface area contributed by atoms with Crippen molar-refractivity contribution in [1.29, 1.82) is 0 Å². The van der Waals surface area contributed by atoms with Gasteiger partial charge >= 0.3 is 5.97 Å². The lowest BCUT2D eigenvalue weighted by Gasteiger charge is -2.09. The van der Waals surface area contributed by atoms with Crippen molar-refractivity contribution in [3.63, 3.8) is 0 Å². The van der Waals surface area contributed by atoms with E-state index in [-0.39, 0.29) is 24.2 Å². The predicted molar refractivity (Wildman–Crippen MR) is 72.8 cm³/mol. The summed E-state index contributed by atoms with van der Waals surface area (Å²) in [5.74, 6) is -1.07. The van der Waals surface area contributed by atoms with Crippen LogP contribution in [-0.2, 0) is 11.2 Å². The zero-order valence-electron chi connectivity index (χ0n) is 10.00. The minimum Gasteiger partial charge on any atom is -0.507 e. The average Bonchev–Trinajstić information content (AvgIpc) is 2.91. The molecule has 0 amide bonds. The van der Waals surface area contributed by atoms with Crippen molar-refractivity contribution < 1.29 is 19.8 Å². The summed E-state index contributed by atoms with van der Waals surface area (Å²) in [5.41, 5.74) is 2.42. The number of aryl methyl sites for hydroxylation is 1. The molecule has 0 spiro atoms. The molecule has 0 radical (unpaired) electrons. The van der Waals surface area contributed by atoms with Crippen LogP contribution in [0.3, 0.4) is 0 Å². The number of hydrogen-bond donors (Lipinski definition) is 2. The fourth-order valence-electron chi connectivity index (χ4n) is 1.84. The molecule has 4 nitrogen and oxygen atoms in total. The number of hydrogen-bond acceptors (Lipinski definition) is 4. The highest BCUT2D eigenvalue weighted by molar-refractivity contribution is 7.08. The second-order valence-electron chi connectivity index (χ2n) is 4.10. The molecule has 19 heavy (non-hydrogen) atoms. The highest BCUT2D eigenvalue weighted by Gasteiger charge is 2.12. The van der Waals surface area contributed by atoms with Gasteiger partial charge in [-0.1, -0.05) is 0 Å². The molecule has 0 saturated heterocycles. The molecule has 1 heterocycles. The average molecular weight is 276 g/mol. The number of aldehydes is 1. The predicted octanol–water partition coefficient (Wildman–Crippen LogP) is 2.95. The van der Waals surface area contributed by atoms with Gasteiger partial charge in [0.15, 0.2) is 6.29 Å². The third-order valence-corrected chi connectivity index (χ3v) is 3.49. The third kappa shape index (κ3) is 3.00. The van der Waals surface area contributed by atoms with Crippen molar-refractivity contribution >= 4 is 23.6 Å². The van der Waals surface area contributed by atoms with E-state index in [1.807, 2.05) is 16.8 Å². The van der Waals surface area contributed by atoms with Crippen LogP contribution in [0, 0.1) is 0 Å². The first kappa shape index (κ1) is 13.3. The van der Waals surface area contributed by atoms with Crippen LogP contribution in [0.25, 0.3) is 11.1 Å². The first-order chi connectivity index (χ1) is 9.11. The Kier molecular flexibility index (Phi) is 3.97. The standard InChI is InChI=1S/C14H12O4S/c15-7-12-6-11(10-3-4-19-8-10)5-9(14(12)18)1-2-13(16)17/h3-8,18H,1-2H2,(H,16,17). The van der Waals surface area contributed by atoms with Gasteiger partial charge in [-0.2, -0.15) is 11.3 Å². The second-order valence-corrected chi connectivity index (χ2v) is 4.88. The lowest BCUT2D eigenvalue weighted by molar-refractivity contribution is -0.136. The van der Waals surface area contributed by atoms with Gasteiger partial charge in [0.05, 0.1) is 5.56 Å². The molecular formula is C14H12O4S. The van der Waals surface area contributed by atoms with Gasteiger partial charge < -0.3 is 10.2 Å². The number of carboxylic acids is 1. The minimum atomic E-state index is -0.937. The van der Waals surface area contributed by atoms with Crippen LogP contribution >= 0.6 is 11.3 Å². The maximum Gasteiger partial charge on any atom is 0.303 e. The van der Waals surface area contributed by atoms with Crippen molar-refractivity contribution in [2.75, 3.05) is 0 Å². The van der Waals surface area contributed by atoms with E-state index in [2.05, 4.69) is 0 Å². The highest BCUT2D eigenvalue weighted by Crippen LogP contribution is 2.31. The first-order valence-corrected chi connectivity index (χ1v) is 6.61. The number of carbonyl (C=O) groups excluding carboxylic acids is 1. The Labute approximate surface area is 114 Å². The molecule has 0 saturated carbocycles. The van der Waals surface area contributed by atoms with Crippen molar-refractivity contribution in [1.82, 2.24) is 0 Å². The number of phenolic OH excluding ortho intramolecular Hbond substituents is 1. The maximum absolute atomic E-state index is 11.0. The van der Waals surface area contributed by atoms with Gasteiger partial charge in [-0.15, -0.1) is 0 Å². The number of carbonyl (C=O) groups is 2. The van der Waals surface area contributed by atoms with E-state index >= 15 is 0 Å². The van der Waals surface area contributed by atoms with E-state index in [0.717, 1.165) is 11.1 Å². The Morgan fingerprint density at radius 2 is 2.11 bits per heavy atom. The molecule has 0 aliphatic rings. The Balaban J connectivity index is 2.44. The van der Waals surface area contributed by atoms with E-state index in [4.69, 9.17) is 5.11 Å². The molecular weight excluding hydrogens is 264 g/mol. The van der Waals surface area contributed by atoms with Crippen LogP contribution in [0.2, 0.25) is 0 Å². The van der Waals surface area contributed by atoms with Gasteiger partial charge in [0.1, 0.15) is 5.75 Å². The fourth-order valence-corrected chi connectivity index (χ4v) is 2.50. The molecule has 98 valence electrons. The first-order valence-electron chi connectivity index (χ1n) is 5.67. The lowest BCUT2D eigenvalue weighted by atomic mass is 9.98. The van der Waals surface area contributed by atoms with Crippen LogP contribution < -0.4 is 0 Å². The fraction of sp³-hybridized carbons (Fsp3) is 0.143. The zero-order valence-corrected chi connectivity index (χ0v) is 10.8. The van der Waals surface area contributed by atoms with Crippen molar-refractivity contribution in [3.05, 3.63) is 40.1 Å². The molecule has 0 unspecified atom stereocenters. The SMILES string of the molecule is O=Cc1cc(-c2ccsc2)cc(CCC(=O)O)c1O. The molecule has 1 aromatic carbocycles. The number of aromatic hydroxyl groups is 1. The molecule has 5 heteroatoms. The van der Waals surface area contributed by atoms with Crippen LogP contribution in [0.1, 0.15) is 22.3 Å². The maximum atomic E-state index is 11.0. The highest BCUT2D eigenvalue weighted by atomic mass is 32.1. The molecule has 2 aromatic rings. The van der Waals surface area contributed by atoms with Crippen LogP contribution in [0.4, 0.5) is 0 Å². The Hall–Kier alpha value is -2.14. The van der Waals surface area contributed by atoms with E-state index in [9.17, 15) is 14.7 Å². The van der Waals surface area contributed by atoms with Crippen LogP contribution in [-0.4, -0.2) is 22.5 Å². The number of phenols is 1. The smallest absolute Gasteiger partial charge is 0.303 e. The summed E-state index contributed by atoms with van der Waals surface area (Å²) in [6.45, 7) is 0. The normalized spacial score (nSPS) is 10.3. The summed E-state index contributed by atoms with van der Waals surface area (Å²) in [7, 11) is 0. The number of thiophene rings is 1. The second kappa shape index (κ2) is 5.67. The summed E-state index contributed by atoms with van der Waals surface area (Å²) in [5, 5.41) is 22.4. The molecule has 1 aromatic heterocycles. The molecule has 2 N–H and O–H groups in total. The van der Waals surface area contributed by atoms with Gasteiger partial charge in [0.25, 0.3) is 0 Å². The summed E-state index contributed by atoms with van der Waals surface area (Å²) in [6, 6.07) is 5.24. The Morgan fingerprint density at radius 1 is 1.32 bits per heavy atom. The Bertz CT molecular complexity index is 602. The summed E-state index contributed by atoms with van der Waals surface area (Å²) >= 11 is 1.53. The van der Waals surface area contributed by atoms with E-state index < -0.39 is 5.97 Å². The summed E-state index contributed by atoms with van der Waals surface area (Å²) in [6.07, 6.45) is 0.689. The topological polar surface area (TPSA) is 74.6 Å². The molecule has 0 aliphatic carbocycles. The monoisotopic (exact) mass is 276 g/mol. The van der Waals surface area contributed by atoms with E-state index in [1.54, 1.807) is 12.1 Å². The van der Waals surface area contributed by atoms with Crippen LogP contribution in [0.15, 0.2) is 29.0 Å². The summed E-state index contributed by atoms with van der Waals surface area (Å²) < 4.78 is 0. The van der Waals surface area contributed by atoms with Gasteiger partial charge in [0, 0.05) is 6.42 Å². The zero-order chi connectivity index (χ0) is 13.8. The molecule has 0 atom stereocenters. The number of rotatable bonds is 5. The van der Waals surface area contributed by atoms with E-state index in [0.29, 0.717) is 11.8 Å². The minimum absolute atomic E-state index is 0.0844. The van der Waals surface area contributed by atoms with Crippen molar-refractivity contribution in [2.45, 2.75) is 12.8 Å². The molecule has 2 rings (SSSR count). The lowest BCUT2D eigenvalue weighted by Crippen LogP contribution is -1.99. The molecule has 0 fully saturated rings. The van der Waals surface area contributed by atoms with Gasteiger partial charge in [-0.25, -0.2) is 0 Å². The number of benzene rings is 1. The van der Waals surface area contributed by atoms with Crippen molar-refractivity contribution in [3.8, 4) is 16.9 Å². The van der Waals surface area contributed by atoms with E-state index in [1.165, 1.54) is 11.3 Å².